The van der Waals surface area contributed by atoms with Crippen LogP contribution in [0.3, 0.4) is 0 Å². The number of amides is 1. The monoisotopic (exact) mass is 452 g/mol. The molecule has 3 aromatic heterocycles. The number of hydrogen-bond acceptors (Lipinski definition) is 6. The van der Waals surface area contributed by atoms with Crippen molar-refractivity contribution in [2.75, 3.05) is 14.2 Å². The van der Waals surface area contributed by atoms with E-state index < -0.39 is 6.04 Å². The van der Waals surface area contributed by atoms with Crippen molar-refractivity contribution >= 4 is 22.5 Å². The summed E-state index contributed by atoms with van der Waals surface area (Å²) in [5, 5.41) is 7.49. The molecule has 0 aliphatic heterocycles. The molecule has 1 aromatic carbocycles. The minimum absolute atomic E-state index is 0.278. The molecule has 0 saturated heterocycles. The zero-order valence-electron chi connectivity index (χ0n) is 19.5. The fraction of sp³-hybridized carbons (Fsp3) is 0.375. The lowest BCUT2D eigenvalue weighted by Crippen LogP contribution is -2.39. The van der Waals surface area contributed by atoms with Gasteiger partial charge in [0.15, 0.2) is 17.1 Å². The number of hydrogen-bond donors (Lipinski definition) is 1. The summed E-state index contributed by atoms with van der Waals surface area (Å²) in [6.07, 6.45) is 1.01. The number of furan rings is 1. The molecule has 0 fully saturated rings. The normalized spacial score (nSPS) is 12.3. The number of rotatable bonds is 8. The second-order valence-corrected chi connectivity index (χ2v) is 7.82. The van der Waals surface area contributed by atoms with Crippen molar-refractivity contribution in [2.24, 2.45) is 0 Å². The van der Waals surface area contributed by atoms with Crippen molar-refractivity contribution in [3.8, 4) is 11.5 Å². The zero-order chi connectivity index (χ0) is 23.7. The highest BCUT2D eigenvalue weighted by atomic mass is 16.5. The third-order valence-electron chi connectivity index (χ3n) is 5.74. The number of nitrogens with one attached hydrogen (secondary N) is 1. The molecule has 33 heavy (non-hydrogen) atoms. The van der Waals surface area contributed by atoms with Gasteiger partial charge in [-0.2, -0.15) is 5.10 Å². The maximum absolute atomic E-state index is 13.3. The predicted molar refractivity (Wildman–Crippen MR) is 124 cm³/mol. The van der Waals surface area contributed by atoms with E-state index in [1.165, 1.54) is 4.68 Å². The Labute approximate surface area is 190 Å². The number of methoxy groups -OCH3 is 2. The molecule has 0 spiro atoms. The van der Waals surface area contributed by atoms with Gasteiger partial charge in [0.05, 0.1) is 19.7 Å². The van der Waals surface area contributed by atoms with Gasteiger partial charge in [0.1, 0.15) is 23.1 Å². The maximum atomic E-state index is 13.3. The van der Waals surface area contributed by atoms with E-state index in [0.29, 0.717) is 41.3 Å². The Hall–Kier alpha value is -3.75. The molecule has 174 valence electrons. The summed E-state index contributed by atoms with van der Waals surface area (Å²) in [6.45, 7) is 5.97. The molecule has 0 bridgehead atoms. The summed E-state index contributed by atoms with van der Waals surface area (Å²) in [5.41, 5.74) is 2.40. The lowest BCUT2D eigenvalue weighted by Gasteiger charge is -2.19. The van der Waals surface area contributed by atoms with Crippen LogP contribution < -0.4 is 20.3 Å². The van der Waals surface area contributed by atoms with Gasteiger partial charge < -0.3 is 19.2 Å². The Morgan fingerprint density at radius 1 is 1.12 bits per heavy atom. The largest absolute Gasteiger partial charge is 0.493 e. The summed E-state index contributed by atoms with van der Waals surface area (Å²) >= 11 is 0. The van der Waals surface area contributed by atoms with Gasteiger partial charge >= 0.3 is 0 Å². The van der Waals surface area contributed by atoms with E-state index >= 15 is 0 Å². The van der Waals surface area contributed by atoms with Crippen LogP contribution in [0.1, 0.15) is 43.5 Å². The maximum Gasteiger partial charge on any atom is 0.291 e. The lowest BCUT2D eigenvalue weighted by molar-refractivity contribution is -0.125. The number of benzene rings is 1. The Morgan fingerprint density at radius 2 is 1.88 bits per heavy atom. The van der Waals surface area contributed by atoms with Crippen molar-refractivity contribution < 1.29 is 18.7 Å². The molecule has 0 unspecified atom stereocenters. The fourth-order valence-corrected chi connectivity index (χ4v) is 4.09. The van der Waals surface area contributed by atoms with Crippen molar-refractivity contribution in [2.45, 2.75) is 46.2 Å². The van der Waals surface area contributed by atoms with Crippen molar-refractivity contribution in [3.63, 3.8) is 0 Å². The van der Waals surface area contributed by atoms with E-state index in [9.17, 15) is 9.59 Å². The van der Waals surface area contributed by atoms with E-state index in [1.54, 1.807) is 26.4 Å². The molecule has 0 saturated carbocycles. The van der Waals surface area contributed by atoms with Crippen LogP contribution in [-0.2, 0) is 17.8 Å². The standard InChI is InChI=1S/C24H28N4O5/c1-6-16(23(29)25-13-15-8-9-19(31-4)21(11-15)32-5)28-24(30)18-12-20-17(10-14(3)33-20)27(18)22(7-2)26-28/h8-12,16H,6-7,13H2,1-5H3,(H,25,29)/t16-/m1/s1. The Morgan fingerprint density at radius 3 is 2.55 bits per heavy atom. The number of nitrogens with zero attached hydrogens (tertiary/aromatic N) is 3. The minimum Gasteiger partial charge on any atom is -0.493 e. The molecule has 4 aromatic rings. The van der Waals surface area contributed by atoms with Gasteiger partial charge in [-0.3, -0.25) is 14.0 Å². The molecular formula is C24H28N4O5. The first-order chi connectivity index (χ1) is 15.9. The van der Waals surface area contributed by atoms with Gasteiger partial charge in [0.25, 0.3) is 5.56 Å². The number of aryl methyl sites for hydroxylation is 2. The number of fused-ring (bicyclic) bond motifs is 3. The van der Waals surface area contributed by atoms with E-state index in [1.807, 2.05) is 43.4 Å². The number of aromatic nitrogens is 3. The third kappa shape index (κ3) is 3.94. The summed E-state index contributed by atoms with van der Waals surface area (Å²) < 4.78 is 19.4. The van der Waals surface area contributed by atoms with Crippen LogP contribution in [-0.4, -0.2) is 34.3 Å². The fourth-order valence-electron chi connectivity index (χ4n) is 4.09. The molecule has 3 heterocycles. The molecule has 0 aliphatic carbocycles. The van der Waals surface area contributed by atoms with Gasteiger partial charge in [0, 0.05) is 25.1 Å². The van der Waals surface area contributed by atoms with Crippen LogP contribution in [0.4, 0.5) is 0 Å². The van der Waals surface area contributed by atoms with Crippen LogP contribution >= 0.6 is 0 Å². The highest BCUT2D eigenvalue weighted by molar-refractivity contribution is 5.84. The SMILES string of the molecule is CCc1nn([C@H](CC)C(=O)NCc2ccc(OC)c(OC)c2)c(=O)c2cc3oc(C)cc3n12. The summed E-state index contributed by atoms with van der Waals surface area (Å²) in [7, 11) is 3.13. The summed E-state index contributed by atoms with van der Waals surface area (Å²) in [4.78, 5) is 26.4. The van der Waals surface area contributed by atoms with Gasteiger partial charge in [-0.15, -0.1) is 0 Å². The van der Waals surface area contributed by atoms with Gasteiger partial charge in [0.2, 0.25) is 5.91 Å². The number of carbonyl (C=O) groups is 1. The highest BCUT2D eigenvalue weighted by Crippen LogP contribution is 2.27. The van der Waals surface area contributed by atoms with Gasteiger partial charge in [-0.05, 0) is 31.0 Å². The summed E-state index contributed by atoms with van der Waals surface area (Å²) in [6, 6.07) is 8.32. The van der Waals surface area contributed by atoms with E-state index in [2.05, 4.69) is 10.4 Å². The quantitative estimate of drug-likeness (QED) is 0.440. The van der Waals surface area contributed by atoms with Crippen molar-refractivity contribution in [3.05, 3.63) is 57.8 Å². The van der Waals surface area contributed by atoms with Crippen LogP contribution in [0.2, 0.25) is 0 Å². The van der Waals surface area contributed by atoms with E-state index in [4.69, 9.17) is 13.9 Å². The molecule has 1 N–H and O–H groups in total. The predicted octanol–water partition coefficient (Wildman–Crippen LogP) is 3.40. The van der Waals surface area contributed by atoms with E-state index in [0.717, 1.165) is 16.8 Å². The van der Waals surface area contributed by atoms with Crippen LogP contribution in [0.25, 0.3) is 16.6 Å². The molecule has 1 atom stereocenters. The van der Waals surface area contributed by atoms with Crippen molar-refractivity contribution in [1.82, 2.24) is 19.5 Å². The first kappa shape index (κ1) is 22.4. The highest BCUT2D eigenvalue weighted by Gasteiger charge is 2.24. The molecule has 9 nitrogen and oxygen atoms in total. The van der Waals surface area contributed by atoms with Crippen LogP contribution in [0.5, 0.6) is 11.5 Å². The third-order valence-corrected chi connectivity index (χ3v) is 5.74. The molecule has 9 heteroatoms. The van der Waals surface area contributed by atoms with E-state index in [-0.39, 0.29) is 18.0 Å². The zero-order valence-corrected chi connectivity index (χ0v) is 19.5. The number of carbonyl (C=O) groups excluding carboxylic acids is 1. The number of ether oxygens (including phenoxy) is 2. The smallest absolute Gasteiger partial charge is 0.291 e. The summed E-state index contributed by atoms with van der Waals surface area (Å²) in [5.74, 6) is 2.37. The topological polar surface area (TPSA) is 100 Å². The van der Waals surface area contributed by atoms with Crippen LogP contribution in [0.15, 0.2) is 39.5 Å². The average Bonchev–Trinajstić information content (AvgIpc) is 3.35. The molecule has 0 aliphatic rings. The Balaban J connectivity index is 1.65. The van der Waals surface area contributed by atoms with Gasteiger partial charge in [-0.1, -0.05) is 19.9 Å². The first-order valence-corrected chi connectivity index (χ1v) is 10.9. The second-order valence-electron chi connectivity index (χ2n) is 7.82. The molecule has 4 rings (SSSR count). The molecular weight excluding hydrogens is 424 g/mol. The Bertz CT molecular complexity index is 1380. The molecule has 0 radical (unpaired) electrons. The van der Waals surface area contributed by atoms with Crippen LogP contribution in [0, 0.1) is 6.92 Å². The Kier molecular flexibility index (Phi) is 6.13. The minimum atomic E-state index is -0.740. The van der Waals surface area contributed by atoms with Gasteiger partial charge in [-0.25, -0.2) is 4.68 Å². The lowest BCUT2D eigenvalue weighted by atomic mass is 10.1. The average molecular weight is 453 g/mol. The second kappa shape index (κ2) is 9.01. The first-order valence-electron chi connectivity index (χ1n) is 10.9. The van der Waals surface area contributed by atoms with Crippen molar-refractivity contribution in [1.29, 1.82) is 0 Å². The molecule has 1 amide bonds.